The number of ether oxygens (including phenoxy) is 1. The average molecular weight is 360 g/mol. The molecule has 0 aliphatic carbocycles. The number of likely N-dealkylation sites (tertiary alicyclic amines) is 1. The molecular formula is C21H32N2O3. The highest BCUT2D eigenvalue weighted by Gasteiger charge is 2.28. The summed E-state index contributed by atoms with van der Waals surface area (Å²) in [6.45, 7) is 13.2. The molecule has 0 radical (unpaired) electrons. The van der Waals surface area contributed by atoms with Crippen LogP contribution in [-0.4, -0.2) is 41.6 Å². The Hall–Kier alpha value is -2.04. The fourth-order valence-corrected chi connectivity index (χ4v) is 2.98. The molecule has 1 fully saturated rings. The number of amides is 2. The summed E-state index contributed by atoms with van der Waals surface area (Å²) in [5.41, 5.74) is 1.39. The van der Waals surface area contributed by atoms with Crippen molar-refractivity contribution < 1.29 is 14.3 Å². The van der Waals surface area contributed by atoms with Crippen LogP contribution in [0.3, 0.4) is 0 Å². The standard InChI is InChI=1S/C21H32N2O3/c1-20(2,3)16-11-9-15(10-12-16)18(24)22-17-8-7-13-23(14-17)19(25)26-21(4,5)6/h9-12,17H,7-8,13-14H2,1-6H3,(H,22,24). The summed E-state index contributed by atoms with van der Waals surface area (Å²) in [6, 6.07) is 7.69. The molecular weight excluding hydrogens is 328 g/mol. The Labute approximate surface area is 157 Å². The molecule has 2 amide bonds. The van der Waals surface area contributed by atoms with Crippen molar-refractivity contribution in [1.29, 1.82) is 0 Å². The van der Waals surface area contributed by atoms with Gasteiger partial charge in [-0.05, 0) is 56.7 Å². The van der Waals surface area contributed by atoms with Crippen molar-refractivity contribution in [1.82, 2.24) is 10.2 Å². The molecule has 1 aliphatic heterocycles. The highest BCUT2D eigenvalue weighted by Crippen LogP contribution is 2.22. The molecule has 144 valence electrons. The molecule has 5 nitrogen and oxygen atoms in total. The van der Waals surface area contributed by atoms with Crippen LogP contribution in [0.5, 0.6) is 0 Å². The van der Waals surface area contributed by atoms with E-state index in [2.05, 4.69) is 26.1 Å². The van der Waals surface area contributed by atoms with Crippen LogP contribution in [-0.2, 0) is 10.2 Å². The molecule has 1 aliphatic rings. The zero-order valence-corrected chi connectivity index (χ0v) is 16.9. The third kappa shape index (κ3) is 5.75. The van der Waals surface area contributed by atoms with Crippen molar-refractivity contribution in [2.45, 2.75) is 71.4 Å². The van der Waals surface area contributed by atoms with Crippen molar-refractivity contribution in [3.05, 3.63) is 35.4 Å². The first kappa shape index (κ1) is 20.3. The Morgan fingerprint density at radius 2 is 1.69 bits per heavy atom. The maximum absolute atomic E-state index is 12.5. The second-order valence-corrected chi connectivity index (χ2v) is 9.07. The molecule has 1 unspecified atom stereocenters. The van der Waals surface area contributed by atoms with Crippen molar-refractivity contribution in [3.8, 4) is 0 Å². The van der Waals surface area contributed by atoms with Crippen LogP contribution in [0.25, 0.3) is 0 Å². The van der Waals surface area contributed by atoms with E-state index in [0.29, 0.717) is 18.7 Å². The van der Waals surface area contributed by atoms with Crippen LogP contribution in [0, 0.1) is 0 Å². The second kappa shape index (κ2) is 7.68. The lowest BCUT2D eigenvalue weighted by atomic mass is 9.86. The molecule has 26 heavy (non-hydrogen) atoms. The molecule has 2 rings (SSSR count). The molecule has 1 N–H and O–H groups in total. The Morgan fingerprint density at radius 3 is 2.23 bits per heavy atom. The van der Waals surface area contributed by atoms with E-state index in [4.69, 9.17) is 4.74 Å². The van der Waals surface area contributed by atoms with Crippen molar-refractivity contribution in [2.75, 3.05) is 13.1 Å². The second-order valence-electron chi connectivity index (χ2n) is 9.07. The zero-order valence-electron chi connectivity index (χ0n) is 16.9. The maximum atomic E-state index is 12.5. The van der Waals surface area contributed by atoms with Gasteiger partial charge >= 0.3 is 6.09 Å². The van der Waals surface area contributed by atoms with Crippen LogP contribution >= 0.6 is 0 Å². The molecule has 0 spiro atoms. The number of nitrogens with zero attached hydrogens (tertiary/aromatic N) is 1. The van der Waals surface area contributed by atoms with Crippen LogP contribution in [0.2, 0.25) is 0 Å². The number of piperidine rings is 1. The van der Waals surface area contributed by atoms with E-state index in [1.807, 2.05) is 45.0 Å². The van der Waals surface area contributed by atoms with Gasteiger partial charge in [0.2, 0.25) is 0 Å². The summed E-state index contributed by atoms with van der Waals surface area (Å²) < 4.78 is 5.43. The Morgan fingerprint density at radius 1 is 1.08 bits per heavy atom. The van der Waals surface area contributed by atoms with Crippen molar-refractivity contribution >= 4 is 12.0 Å². The average Bonchev–Trinajstić information content (AvgIpc) is 2.53. The number of hydrogen-bond acceptors (Lipinski definition) is 3. The van der Waals surface area contributed by atoms with Crippen LogP contribution in [0.4, 0.5) is 4.79 Å². The third-order valence-electron chi connectivity index (χ3n) is 4.42. The lowest BCUT2D eigenvalue weighted by Gasteiger charge is -2.34. The maximum Gasteiger partial charge on any atom is 0.410 e. The number of carbonyl (C=O) groups is 2. The SMILES string of the molecule is CC(C)(C)OC(=O)N1CCCC(NC(=O)c2ccc(C(C)(C)C)cc2)C1. The molecule has 0 bridgehead atoms. The van der Waals surface area contributed by atoms with Gasteiger partial charge in [-0.1, -0.05) is 32.9 Å². The lowest BCUT2D eigenvalue weighted by Crippen LogP contribution is -2.50. The van der Waals surface area contributed by atoms with Crippen molar-refractivity contribution in [2.24, 2.45) is 0 Å². The van der Waals surface area contributed by atoms with Crippen molar-refractivity contribution in [3.63, 3.8) is 0 Å². The smallest absolute Gasteiger partial charge is 0.410 e. The topological polar surface area (TPSA) is 58.6 Å². The first-order chi connectivity index (χ1) is 12.0. The molecule has 1 atom stereocenters. The monoisotopic (exact) mass is 360 g/mol. The van der Waals surface area contributed by atoms with Gasteiger partial charge in [0, 0.05) is 24.7 Å². The molecule has 1 aromatic carbocycles. The van der Waals surface area contributed by atoms with E-state index in [0.717, 1.165) is 12.8 Å². The number of rotatable bonds is 2. The van der Waals surface area contributed by atoms with E-state index in [1.165, 1.54) is 5.56 Å². The van der Waals surface area contributed by atoms with Gasteiger partial charge < -0.3 is 15.0 Å². The predicted molar refractivity (Wildman–Crippen MR) is 103 cm³/mol. The van der Waals surface area contributed by atoms with Gasteiger partial charge in [-0.2, -0.15) is 0 Å². The molecule has 0 saturated carbocycles. The normalized spacial score (nSPS) is 18.4. The van der Waals surface area contributed by atoms with E-state index < -0.39 is 5.60 Å². The van der Waals surface area contributed by atoms with Gasteiger partial charge in [-0.15, -0.1) is 0 Å². The minimum atomic E-state index is -0.512. The minimum absolute atomic E-state index is 0.0499. The largest absolute Gasteiger partial charge is 0.444 e. The fraction of sp³-hybridized carbons (Fsp3) is 0.619. The van der Waals surface area contributed by atoms with Gasteiger partial charge in [0.1, 0.15) is 5.60 Å². The Kier molecular flexibility index (Phi) is 5.99. The van der Waals surface area contributed by atoms with Crippen LogP contribution in [0.15, 0.2) is 24.3 Å². The molecule has 0 aromatic heterocycles. The Balaban J connectivity index is 1.95. The molecule has 1 heterocycles. The van der Waals surface area contributed by atoms with Crippen LogP contribution in [0.1, 0.15) is 70.3 Å². The highest BCUT2D eigenvalue weighted by atomic mass is 16.6. The number of carbonyl (C=O) groups excluding carboxylic acids is 2. The summed E-state index contributed by atoms with van der Waals surface area (Å²) in [5, 5.41) is 3.05. The quantitative estimate of drug-likeness (QED) is 0.863. The van der Waals surface area contributed by atoms with E-state index in [1.54, 1.807) is 4.90 Å². The van der Waals surface area contributed by atoms with E-state index in [-0.39, 0.29) is 23.5 Å². The summed E-state index contributed by atoms with van der Waals surface area (Å²) in [5.74, 6) is -0.0958. The van der Waals surface area contributed by atoms with Gasteiger partial charge in [0.05, 0.1) is 0 Å². The number of hydrogen-bond donors (Lipinski definition) is 1. The lowest BCUT2D eigenvalue weighted by molar-refractivity contribution is 0.0185. The Bertz CT molecular complexity index is 639. The van der Waals surface area contributed by atoms with Gasteiger partial charge in [0.25, 0.3) is 5.91 Å². The van der Waals surface area contributed by atoms with Crippen LogP contribution < -0.4 is 5.32 Å². The molecule has 5 heteroatoms. The van der Waals surface area contributed by atoms with Gasteiger partial charge in [0.15, 0.2) is 0 Å². The first-order valence-corrected chi connectivity index (χ1v) is 9.35. The molecule has 1 saturated heterocycles. The predicted octanol–water partition coefficient (Wildman–Crippen LogP) is 4.11. The number of benzene rings is 1. The summed E-state index contributed by atoms with van der Waals surface area (Å²) in [7, 11) is 0. The highest BCUT2D eigenvalue weighted by molar-refractivity contribution is 5.94. The van der Waals surface area contributed by atoms with Gasteiger partial charge in [-0.25, -0.2) is 4.79 Å². The first-order valence-electron chi connectivity index (χ1n) is 9.35. The minimum Gasteiger partial charge on any atom is -0.444 e. The van der Waals surface area contributed by atoms with Gasteiger partial charge in [-0.3, -0.25) is 4.79 Å². The van der Waals surface area contributed by atoms with E-state index >= 15 is 0 Å². The van der Waals surface area contributed by atoms with E-state index in [9.17, 15) is 9.59 Å². The fourth-order valence-electron chi connectivity index (χ4n) is 2.98. The summed E-state index contributed by atoms with van der Waals surface area (Å²) in [4.78, 5) is 26.5. The molecule has 1 aromatic rings. The third-order valence-corrected chi connectivity index (χ3v) is 4.42. The zero-order chi connectivity index (χ0) is 19.5. The summed E-state index contributed by atoms with van der Waals surface area (Å²) in [6.07, 6.45) is 1.41. The number of nitrogens with one attached hydrogen (secondary N) is 1. The summed E-state index contributed by atoms with van der Waals surface area (Å²) >= 11 is 0.